The number of hydrogen-bond donors (Lipinski definition) is 0. The minimum atomic E-state index is -2.84. The number of sulfone groups is 1. The minimum Gasteiger partial charge on any atom is -0.480 e. The van der Waals surface area contributed by atoms with Crippen LogP contribution in [0.1, 0.15) is 38.3 Å². The summed E-state index contributed by atoms with van der Waals surface area (Å²) in [5.41, 5.74) is 2.74. The average molecular weight is 491 g/mol. The van der Waals surface area contributed by atoms with Crippen LogP contribution in [-0.4, -0.2) is 83.7 Å². The molecule has 33 heavy (non-hydrogen) atoms. The third kappa shape index (κ3) is 4.45. The molecule has 3 aromatic heterocycles. The van der Waals surface area contributed by atoms with Crippen LogP contribution < -0.4 is 9.64 Å². The molecular formula is C22H30N6O3S2. The number of rotatable bonds is 5. The zero-order chi connectivity index (χ0) is 23.2. The molecule has 11 heteroatoms. The highest BCUT2D eigenvalue weighted by molar-refractivity contribution is 7.91. The Morgan fingerprint density at radius 3 is 2.52 bits per heavy atom. The number of pyridine rings is 1. The van der Waals surface area contributed by atoms with E-state index in [1.54, 1.807) is 18.4 Å². The number of piperidine rings is 1. The number of ether oxygens (including phenoxy) is 1. The minimum absolute atomic E-state index is 0.288. The number of imidazole rings is 1. The van der Waals surface area contributed by atoms with Crippen LogP contribution in [0.3, 0.4) is 0 Å². The Balaban J connectivity index is 1.32. The van der Waals surface area contributed by atoms with Crippen LogP contribution in [0.4, 0.5) is 5.13 Å². The van der Waals surface area contributed by atoms with Gasteiger partial charge in [-0.1, -0.05) is 25.2 Å². The molecular weight excluding hydrogens is 460 g/mol. The van der Waals surface area contributed by atoms with E-state index >= 15 is 0 Å². The van der Waals surface area contributed by atoms with Crippen LogP contribution in [0, 0.1) is 0 Å². The largest absolute Gasteiger partial charge is 0.480 e. The predicted octanol–water partition coefficient (Wildman–Crippen LogP) is 2.68. The normalized spacial score (nSPS) is 20.1. The molecule has 0 atom stereocenters. The van der Waals surface area contributed by atoms with Gasteiger partial charge in [-0.15, -0.1) is 5.10 Å². The number of aromatic nitrogens is 4. The van der Waals surface area contributed by atoms with Gasteiger partial charge in [-0.25, -0.2) is 22.9 Å². The fourth-order valence-electron chi connectivity index (χ4n) is 4.63. The van der Waals surface area contributed by atoms with E-state index in [9.17, 15) is 8.42 Å². The summed E-state index contributed by atoms with van der Waals surface area (Å²) in [6.45, 7) is 7.37. The second kappa shape index (κ2) is 8.84. The number of fused-ring (bicyclic) bond motifs is 1. The lowest BCUT2D eigenvalue weighted by atomic mass is 10.0. The van der Waals surface area contributed by atoms with Crippen LogP contribution in [0.25, 0.3) is 16.2 Å². The van der Waals surface area contributed by atoms with Gasteiger partial charge in [-0.05, 0) is 30.9 Å². The molecule has 0 aliphatic carbocycles. The van der Waals surface area contributed by atoms with Gasteiger partial charge >= 0.3 is 0 Å². The monoisotopic (exact) mass is 490 g/mol. The summed E-state index contributed by atoms with van der Waals surface area (Å²) in [4.78, 5) is 14.8. The van der Waals surface area contributed by atoms with Crippen molar-refractivity contribution in [2.75, 3.05) is 49.7 Å². The standard InChI is InChI=1S/C22H30N6O3S2/c1-15(2)18-5-4-17(20(24-18)31-3)19-14-23-21-28(19)25-22(32-21)27-8-6-16(7-9-27)26-10-12-33(29,30)13-11-26/h4-5,14-16H,6-13H2,1-3H3. The van der Waals surface area contributed by atoms with Crippen molar-refractivity contribution >= 4 is 31.3 Å². The highest BCUT2D eigenvalue weighted by atomic mass is 32.2. The zero-order valence-electron chi connectivity index (χ0n) is 19.3. The van der Waals surface area contributed by atoms with Crippen molar-refractivity contribution in [2.45, 2.75) is 38.6 Å². The Bertz CT molecular complexity index is 1230. The second-order valence-corrected chi connectivity index (χ2v) is 12.3. The van der Waals surface area contributed by atoms with Crippen molar-refractivity contribution in [1.82, 2.24) is 24.5 Å². The lowest BCUT2D eigenvalue weighted by Gasteiger charge is -2.39. The number of methoxy groups -OCH3 is 1. The van der Waals surface area contributed by atoms with E-state index in [1.807, 2.05) is 22.8 Å². The molecule has 0 spiro atoms. The summed E-state index contributed by atoms with van der Waals surface area (Å²) >= 11 is 1.59. The number of nitrogens with zero attached hydrogens (tertiary/aromatic N) is 6. The highest BCUT2D eigenvalue weighted by Gasteiger charge is 2.30. The molecule has 9 nitrogen and oxygen atoms in total. The Kier molecular flexibility index (Phi) is 6.04. The van der Waals surface area contributed by atoms with Gasteiger partial charge < -0.3 is 9.64 Å². The van der Waals surface area contributed by atoms with E-state index < -0.39 is 9.84 Å². The van der Waals surface area contributed by atoms with Crippen LogP contribution in [0.5, 0.6) is 5.88 Å². The molecule has 2 aliphatic heterocycles. The van der Waals surface area contributed by atoms with Crippen molar-refractivity contribution in [3.8, 4) is 17.1 Å². The molecule has 0 saturated carbocycles. The van der Waals surface area contributed by atoms with Gasteiger partial charge in [0.15, 0.2) is 9.84 Å². The van der Waals surface area contributed by atoms with Crippen molar-refractivity contribution in [2.24, 2.45) is 0 Å². The molecule has 0 bridgehead atoms. The maximum atomic E-state index is 11.7. The fraction of sp³-hybridized carbons (Fsp3) is 0.591. The first kappa shape index (κ1) is 22.5. The summed E-state index contributed by atoms with van der Waals surface area (Å²) in [6.07, 6.45) is 3.86. The quantitative estimate of drug-likeness (QED) is 0.539. The van der Waals surface area contributed by atoms with Gasteiger partial charge in [0.05, 0.1) is 36.1 Å². The van der Waals surface area contributed by atoms with Gasteiger partial charge in [0.2, 0.25) is 16.0 Å². The molecule has 0 aromatic carbocycles. The number of hydrogen-bond acceptors (Lipinski definition) is 9. The average Bonchev–Trinajstić information content (AvgIpc) is 3.40. The second-order valence-electron chi connectivity index (χ2n) is 9.08. The molecule has 0 unspecified atom stereocenters. The summed E-state index contributed by atoms with van der Waals surface area (Å²) in [7, 11) is -1.20. The van der Waals surface area contributed by atoms with Crippen molar-refractivity contribution < 1.29 is 13.2 Å². The van der Waals surface area contributed by atoms with E-state index in [2.05, 4.69) is 33.6 Å². The van der Waals surface area contributed by atoms with Crippen LogP contribution in [0.2, 0.25) is 0 Å². The van der Waals surface area contributed by atoms with Crippen LogP contribution in [0.15, 0.2) is 18.3 Å². The molecule has 2 saturated heterocycles. The summed E-state index contributed by atoms with van der Waals surface area (Å²) in [5, 5.41) is 5.85. The van der Waals surface area contributed by atoms with Crippen molar-refractivity contribution in [3.05, 3.63) is 24.0 Å². The van der Waals surface area contributed by atoms with Gasteiger partial charge in [0.1, 0.15) is 0 Å². The topological polar surface area (TPSA) is 92.9 Å². The Labute approximate surface area is 198 Å². The molecule has 0 radical (unpaired) electrons. The van der Waals surface area contributed by atoms with E-state index in [0.717, 1.165) is 53.0 Å². The van der Waals surface area contributed by atoms with E-state index in [1.165, 1.54) is 0 Å². The SMILES string of the molecule is COc1nc(C(C)C)ccc1-c1cnc2sc(N3CCC(N4CCS(=O)(=O)CC4)CC3)nn12. The van der Waals surface area contributed by atoms with Gasteiger partial charge in [0, 0.05) is 37.9 Å². The van der Waals surface area contributed by atoms with Crippen molar-refractivity contribution in [3.63, 3.8) is 0 Å². The van der Waals surface area contributed by atoms with E-state index in [-0.39, 0.29) is 11.5 Å². The van der Waals surface area contributed by atoms with Crippen LogP contribution in [-0.2, 0) is 9.84 Å². The lowest BCUT2D eigenvalue weighted by Crippen LogP contribution is -2.50. The Morgan fingerprint density at radius 2 is 1.85 bits per heavy atom. The predicted molar refractivity (Wildman–Crippen MR) is 130 cm³/mol. The smallest absolute Gasteiger partial charge is 0.222 e. The fourth-order valence-corrected chi connectivity index (χ4v) is 6.79. The lowest BCUT2D eigenvalue weighted by molar-refractivity contribution is 0.182. The first-order valence-corrected chi connectivity index (χ1v) is 14.1. The van der Waals surface area contributed by atoms with Gasteiger partial charge in [-0.2, -0.15) is 0 Å². The molecule has 5 rings (SSSR count). The summed E-state index contributed by atoms with van der Waals surface area (Å²) < 4.78 is 30.9. The van der Waals surface area contributed by atoms with Gasteiger partial charge in [0.25, 0.3) is 0 Å². The molecule has 3 aromatic rings. The molecule has 2 fully saturated rings. The van der Waals surface area contributed by atoms with Crippen molar-refractivity contribution in [1.29, 1.82) is 0 Å². The summed E-state index contributed by atoms with van der Waals surface area (Å²) in [6, 6.07) is 4.52. The first-order valence-electron chi connectivity index (χ1n) is 11.4. The molecule has 5 heterocycles. The van der Waals surface area contributed by atoms with E-state index in [4.69, 9.17) is 9.84 Å². The Morgan fingerprint density at radius 1 is 1.12 bits per heavy atom. The first-order chi connectivity index (χ1) is 15.8. The zero-order valence-corrected chi connectivity index (χ0v) is 20.9. The molecule has 178 valence electrons. The maximum absolute atomic E-state index is 11.7. The third-order valence-corrected chi connectivity index (χ3v) is 9.24. The maximum Gasteiger partial charge on any atom is 0.222 e. The van der Waals surface area contributed by atoms with Gasteiger partial charge in [-0.3, -0.25) is 4.90 Å². The third-order valence-electron chi connectivity index (χ3n) is 6.65. The highest BCUT2D eigenvalue weighted by Crippen LogP contribution is 2.34. The Hall–Kier alpha value is -2.24. The number of anilines is 1. The van der Waals surface area contributed by atoms with Crippen LogP contribution >= 0.6 is 11.3 Å². The molecule has 2 aliphatic rings. The molecule has 0 N–H and O–H groups in total. The van der Waals surface area contributed by atoms with E-state index in [0.29, 0.717) is 30.9 Å². The summed E-state index contributed by atoms with van der Waals surface area (Å²) in [5.74, 6) is 1.48. The molecule has 0 amide bonds.